The molecule has 1 aromatic rings. The SMILES string of the molecule is CCC(CC)n1cc(C(=O)OC)nn1. The predicted octanol–water partition coefficient (Wildman–Crippen LogP) is 1.43. The lowest BCUT2D eigenvalue weighted by Crippen LogP contribution is -2.07. The molecule has 1 aromatic heterocycles. The van der Waals surface area contributed by atoms with Gasteiger partial charge in [0.1, 0.15) is 0 Å². The smallest absolute Gasteiger partial charge is 0.360 e. The van der Waals surface area contributed by atoms with E-state index in [1.165, 1.54) is 7.11 Å². The van der Waals surface area contributed by atoms with Crippen molar-refractivity contribution in [3.05, 3.63) is 11.9 Å². The molecule has 0 aliphatic rings. The summed E-state index contributed by atoms with van der Waals surface area (Å²) in [5, 5.41) is 7.64. The van der Waals surface area contributed by atoms with E-state index in [2.05, 4.69) is 28.9 Å². The van der Waals surface area contributed by atoms with Crippen LogP contribution >= 0.6 is 0 Å². The monoisotopic (exact) mass is 197 g/mol. The summed E-state index contributed by atoms with van der Waals surface area (Å²) in [6, 6.07) is 0.306. The van der Waals surface area contributed by atoms with Crippen molar-refractivity contribution in [3.8, 4) is 0 Å². The molecule has 0 aromatic carbocycles. The standard InChI is InChI=1S/C9H15N3O2/c1-4-7(5-2)12-6-8(10-11-12)9(13)14-3/h6-7H,4-5H2,1-3H3. The first-order valence-corrected chi connectivity index (χ1v) is 4.73. The van der Waals surface area contributed by atoms with Gasteiger partial charge in [-0.05, 0) is 12.8 Å². The molecule has 1 heterocycles. The average Bonchev–Trinajstić information content (AvgIpc) is 2.68. The Labute approximate surface area is 83.1 Å². The third-order valence-electron chi connectivity index (χ3n) is 2.22. The highest BCUT2D eigenvalue weighted by molar-refractivity contribution is 5.86. The molecule has 0 bridgehead atoms. The van der Waals surface area contributed by atoms with Crippen LogP contribution in [0.4, 0.5) is 0 Å². The van der Waals surface area contributed by atoms with Crippen LogP contribution in [0, 0.1) is 0 Å². The maximum absolute atomic E-state index is 11.1. The van der Waals surface area contributed by atoms with Crippen molar-refractivity contribution in [1.29, 1.82) is 0 Å². The van der Waals surface area contributed by atoms with Crippen molar-refractivity contribution >= 4 is 5.97 Å². The molecule has 0 aliphatic heterocycles. The van der Waals surface area contributed by atoms with Crippen LogP contribution in [0.15, 0.2) is 6.20 Å². The Morgan fingerprint density at radius 3 is 2.71 bits per heavy atom. The number of hydrogen-bond acceptors (Lipinski definition) is 4. The van der Waals surface area contributed by atoms with E-state index in [1.807, 2.05) is 0 Å². The maximum Gasteiger partial charge on any atom is 0.360 e. The van der Waals surface area contributed by atoms with Gasteiger partial charge in [-0.3, -0.25) is 0 Å². The van der Waals surface area contributed by atoms with Gasteiger partial charge in [0.15, 0.2) is 5.69 Å². The maximum atomic E-state index is 11.1. The number of rotatable bonds is 4. The van der Waals surface area contributed by atoms with Gasteiger partial charge in [-0.2, -0.15) is 0 Å². The van der Waals surface area contributed by atoms with Crippen LogP contribution in [-0.4, -0.2) is 28.1 Å². The highest BCUT2D eigenvalue weighted by Gasteiger charge is 2.13. The molecule has 0 spiro atoms. The van der Waals surface area contributed by atoms with Crippen molar-refractivity contribution in [2.45, 2.75) is 32.7 Å². The van der Waals surface area contributed by atoms with Gasteiger partial charge < -0.3 is 4.74 Å². The van der Waals surface area contributed by atoms with E-state index >= 15 is 0 Å². The van der Waals surface area contributed by atoms with Crippen LogP contribution in [0.1, 0.15) is 43.2 Å². The lowest BCUT2D eigenvalue weighted by molar-refractivity contribution is 0.0594. The molecule has 0 fully saturated rings. The summed E-state index contributed by atoms with van der Waals surface area (Å²) < 4.78 is 6.26. The second-order valence-electron chi connectivity index (χ2n) is 3.05. The van der Waals surface area contributed by atoms with Crippen molar-refractivity contribution in [2.75, 3.05) is 7.11 Å². The van der Waals surface area contributed by atoms with E-state index in [4.69, 9.17) is 0 Å². The fraction of sp³-hybridized carbons (Fsp3) is 0.667. The Morgan fingerprint density at radius 2 is 2.21 bits per heavy atom. The first-order valence-electron chi connectivity index (χ1n) is 4.73. The van der Waals surface area contributed by atoms with Gasteiger partial charge in [0.2, 0.25) is 0 Å². The van der Waals surface area contributed by atoms with Crippen molar-refractivity contribution in [1.82, 2.24) is 15.0 Å². The molecule has 78 valence electrons. The number of carbonyl (C=O) groups is 1. The molecular weight excluding hydrogens is 182 g/mol. The second-order valence-corrected chi connectivity index (χ2v) is 3.05. The third kappa shape index (κ3) is 2.10. The van der Waals surface area contributed by atoms with Crippen LogP contribution in [0.3, 0.4) is 0 Å². The summed E-state index contributed by atoms with van der Waals surface area (Å²) in [6.45, 7) is 4.15. The molecule has 1 rings (SSSR count). The van der Waals surface area contributed by atoms with Crippen molar-refractivity contribution in [2.24, 2.45) is 0 Å². The number of methoxy groups -OCH3 is 1. The Morgan fingerprint density at radius 1 is 1.57 bits per heavy atom. The first-order chi connectivity index (χ1) is 6.72. The number of hydrogen-bond donors (Lipinski definition) is 0. The lowest BCUT2D eigenvalue weighted by Gasteiger charge is -2.10. The molecule has 0 saturated heterocycles. The molecule has 0 aliphatic carbocycles. The Balaban J connectivity index is 2.81. The summed E-state index contributed by atoms with van der Waals surface area (Å²) >= 11 is 0. The zero-order valence-electron chi connectivity index (χ0n) is 8.73. The number of carbonyl (C=O) groups excluding carboxylic acids is 1. The van der Waals surface area contributed by atoms with Crippen LogP contribution in [0.25, 0.3) is 0 Å². The first kappa shape index (κ1) is 10.7. The summed E-state index contributed by atoms with van der Waals surface area (Å²) in [5.41, 5.74) is 0.263. The van der Waals surface area contributed by atoms with Crippen LogP contribution in [-0.2, 0) is 4.74 Å². The van der Waals surface area contributed by atoms with Gasteiger partial charge in [0, 0.05) is 0 Å². The van der Waals surface area contributed by atoms with Crippen molar-refractivity contribution in [3.63, 3.8) is 0 Å². The molecule has 0 unspecified atom stereocenters. The van der Waals surface area contributed by atoms with Crippen molar-refractivity contribution < 1.29 is 9.53 Å². The number of aromatic nitrogens is 3. The van der Waals surface area contributed by atoms with Crippen LogP contribution < -0.4 is 0 Å². The van der Waals surface area contributed by atoms with Gasteiger partial charge >= 0.3 is 5.97 Å². The fourth-order valence-corrected chi connectivity index (χ4v) is 1.32. The quantitative estimate of drug-likeness (QED) is 0.685. The molecule has 5 nitrogen and oxygen atoms in total. The van der Waals surface area contributed by atoms with E-state index in [9.17, 15) is 4.79 Å². The number of ether oxygens (including phenoxy) is 1. The Hall–Kier alpha value is -1.39. The molecule has 14 heavy (non-hydrogen) atoms. The minimum atomic E-state index is -0.442. The molecule has 0 amide bonds. The minimum absolute atomic E-state index is 0.263. The molecule has 0 N–H and O–H groups in total. The third-order valence-corrected chi connectivity index (χ3v) is 2.22. The topological polar surface area (TPSA) is 57.0 Å². The van der Waals surface area contributed by atoms with E-state index in [0.717, 1.165) is 12.8 Å². The highest BCUT2D eigenvalue weighted by atomic mass is 16.5. The fourth-order valence-electron chi connectivity index (χ4n) is 1.32. The lowest BCUT2D eigenvalue weighted by atomic mass is 10.2. The van der Waals surface area contributed by atoms with Gasteiger partial charge in [-0.1, -0.05) is 19.1 Å². The molecule has 0 atom stereocenters. The zero-order valence-corrected chi connectivity index (χ0v) is 8.73. The minimum Gasteiger partial charge on any atom is -0.464 e. The molecule has 5 heteroatoms. The van der Waals surface area contributed by atoms with E-state index in [0.29, 0.717) is 6.04 Å². The summed E-state index contributed by atoms with van der Waals surface area (Å²) in [6.07, 6.45) is 3.57. The van der Waals surface area contributed by atoms with Crippen LogP contribution in [0.2, 0.25) is 0 Å². The summed E-state index contributed by atoms with van der Waals surface area (Å²) in [5.74, 6) is -0.442. The van der Waals surface area contributed by atoms with Gasteiger partial charge in [-0.15, -0.1) is 5.10 Å². The van der Waals surface area contributed by atoms with Crippen LogP contribution in [0.5, 0.6) is 0 Å². The predicted molar refractivity (Wildman–Crippen MR) is 51.0 cm³/mol. The van der Waals surface area contributed by atoms with Gasteiger partial charge in [0.05, 0.1) is 19.3 Å². The Kier molecular flexibility index (Phi) is 3.62. The zero-order chi connectivity index (χ0) is 10.6. The number of esters is 1. The largest absolute Gasteiger partial charge is 0.464 e. The summed E-state index contributed by atoms with van der Waals surface area (Å²) in [7, 11) is 1.33. The highest BCUT2D eigenvalue weighted by Crippen LogP contribution is 2.13. The van der Waals surface area contributed by atoms with E-state index < -0.39 is 5.97 Å². The van der Waals surface area contributed by atoms with Gasteiger partial charge in [0.25, 0.3) is 0 Å². The van der Waals surface area contributed by atoms with Gasteiger partial charge in [-0.25, -0.2) is 9.48 Å². The normalized spacial score (nSPS) is 10.6. The summed E-state index contributed by atoms with van der Waals surface area (Å²) in [4.78, 5) is 11.1. The molecule has 0 radical (unpaired) electrons. The van der Waals surface area contributed by atoms with E-state index in [1.54, 1.807) is 10.9 Å². The second kappa shape index (κ2) is 4.74. The number of nitrogens with zero attached hydrogens (tertiary/aromatic N) is 3. The van der Waals surface area contributed by atoms with E-state index in [-0.39, 0.29) is 5.69 Å². The Bertz CT molecular complexity index is 305. The molecule has 0 saturated carbocycles. The average molecular weight is 197 g/mol. The molecular formula is C9H15N3O2.